The van der Waals surface area contributed by atoms with Crippen LogP contribution in [0.25, 0.3) is 0 Å². The molecule has 0 radical (unpaired) electrons. The lowest BCUT2D eigenvalue weighted by molar-refractivity contribution is -0.118. The van der Waals surface area contributed by atoms with Gasteiger partial charge in [0.25, 0.3) is 0 Å². The molecule has 0 aromatic carbocycles. The van der Waals surface area contributed by atoms with Gasteiger partial charge in [-0.25, -0.2) is 0 Å². The zero-order valence-corrected chi connectivity index (χ0v) is 9.04. The van der Waals surface area contributed by atoms with Crippen molar-refractivity contribution in [2.24, 2.45) is 0 Å². The van der Waals surface area contributed by atoms with E-state index in [1.54, 1.807) is 0 Å². The van der Waals surface area contributed by atoms with Gasteiger partial charge < -0.3 is 10.6 Å². The van der Waals surface area contributed by atoms with Crippen molar-refractivity contribution in [3.8, 4) is 0 Å². The van der Waals surface area contributed by atoms with Gasteiger partial charge in [0.1, 0.15) is 0 Å². The van der Waals surface area contributed by atoms with Crippen LogP contribution in [0.1, 0.15) is 6.42 Å². The maximum absolute atomic E-state index is 10.7. The Bertz CT molecular complexity index is 158. The topological polar surface area (TPSA) is 58.2 Å². The number of carbonyl (C=O) groups is 2. The molecule has 2 N–H and O–H groups in total. The molecule has 0 aliphatic rings. The van der Waals surface area contributed by atoms with Gasteiger partial charge in [-0.1, -0.05) is 0 Å². The predicted octanol–water partition coefficient (Wildman–Crippen LogP) is -0.531. The van der Waals surface area contributed by atoms with Gasteiger partial charge in [0.2, 0.25) is 11.8 Å². The van der Waals surface area contributed by atoms with Crippen LogP contribution in [0.5, 0.6) is 0 Å². The Morgan fingerprint density at radius 2 is 1.31 bits per heavy atom. The average Bonchev–Trinajstić information content (AvgIpc) is 2.16. The largest absolute Gasteiger partial charge is 0.355 e. The quantitative estimate of drug-likeness (QED) is 0.361. The van der Waals surface area contributed by atoms with E-state index >= 15 is 0 Å². The molecule has 13 heavy (non-hydrogen) atoms. The fraction of sp³-hybridized carbons (Fsp3) is 0.714. The Morgan fingerprint density at radius 1 is 0.923 bits per heavy atom. The second-order valence-corrected chi connectivity index (χ2v) is 3.00. The molecule has 0 aliphatic carbocycles. The summed E-state index contributed by atoms with van der Waals surface area (Å²) < 4.78 is 0. The van der Waals surface area contributed by atoms with Crippen LogP contribution in [0.15, 0.2) is 0 Å². The van der Waals surface area contributed by atoms with Gasteiger partial charge in [0.15, 0.2) is 0 Å². The Balaban J connectivity index is 3.17. The molecule has 0 saturated carbocycles. The van der Waals surface area contributed by atoms with Gasteiger partial charge in [0.05, 0.1) is 11.5 Å². The molecular weight excluding hydrogens is 208 g/mol. The summed E-state index contributed by atoms with van der Waals surface area (Å²) in [5, 5.41) is 5.28. The van der Waals surface area contributed by atoms with Crippen molar-refractivity contribution in [3.63, 3.8) is 0 Å². The van der Waals surface area contributed by atoms with E-state index in [-0.39, 0.29) is 23.3 Å². The summed E-state index contributed by atoms with van der Waals surface area (Å²) in [5.41, 5.74) is 0. The minimum atomic E-state index is -0.0937. The van der Waals surface area contributed by atoms with Crippen LogP contribution in [0.4, 0.5) is 0 Å². The highest BCUT2D eigenvalue weighted by atomic mass is 32.1. The van der Waals surface area contributed by atoms with E-state index in [0.717, 1.165) is 6.42 Å². The first-order chi connectivity index (χ1) is 6.20. The van der Waals surface area contributed by atoms with E-state index in [1.807, 2.05) is 0 Å². The molecule has 0 saturated heterocycles. The molecule has 0 bridgehead atoms. The minimum Gasteiger partial charge on any atom is -0.355 e. The smallest absolute Gasteiger partial charge is 0.229 e. The standard InChI is InChI=1S/C7H14N2O2S2/c10-6(4-12)8-2-1-3-9-7(11)5-13/h12-13H,1-5H2,(H,8,10)(H,9,11). The number of carbonyl (C=O) groups excluding carboxylic acids is 2. The number of hydrogen-bond donors (Lipinski definition) is 4. The van der Waals surface area contributed by atoms with Crippen molar-refractivity contribution < 1.29 is 9.59 Å². The normalized spacial score (nSPS) is 9.38. The van der Waals surface area contributed by atoms with Crippen LogP contribution >= 0.6 is 25.3 Å². The van der Waals surface area contributed by atoms with Crippen LogP contribution < -0.4 is 10.6 Å². The molecular formula is C7H14N2O2S2. The number of nitrogens with one attached hydrogen (secondary N) is 2. The van der Waals surface area contributed by atoms with E-state index in [9.17, 15) is 9.59 Å². The maximum Gasteiger partial charge on any atom is 0.229 e. The lowest BCUT2D eigenvalue weighted by Gasteiger charge is -2.04. The summed E-state index contributed by atoms with van der Waals surface area (Å²) >= 11 is 7.59. The molecule has 0 aromatic rings. The van der Waals surface area contributed by atoms with Gasteiger partial charge in [-0.15, -0.1) is 0 Å². The molecule has 0 aromatic heterocycles. The molecule has 2 amide bonds. The second-order valence-electron chi connectivity index (χ2n) is 2.37. The molecule has 0 unspecified atom stereocenters. The molecule has 0 heterocycles. The molecule has 0 rings (SSSR count). The van der Waals surface area contributed by atoms with Crippen LogP contribution in [-0.4, -0.2) is 36.4 Å². The zero-order valence-electron chi connectivity index (χ0n) is 7.25. The van der Waals surface area contributed by atoms with Gasteiger partial charge in [-0.05, 0) is 6.42 Å². The van der Waals surface area contributed by atoms with Gasteiger partial charge >= 0.3 is 0 Å². The summed E-state index contributed by atoms with van der Waals surface area (Å²) in [4.78, 5) is 21.4. The van der Waals surface area contributed by atoms with Crippen molar-refractivity contribution >= 4 is 37.1 Å². The minimum absolute atomic E-state index is 0.0937. The highest BCUT2D eigenvalue weighted by Crippen LogP contribution is 1.78. The number of amides is 2. The van der Waals surface area contributed by atoms with Gasteiger partial charge in [-0.2, -0.15) is 25.3 Å². The first kappa shape index (κ1) is 12.6. The van der Waals surface area contributed by atoms with Gasteiger partial charge in [-0.3, -0.25) is 9.59 Å². The molecule has 0 fully saturated rings. The number of thiol groups is 2. The van der Waals surface area contributed by atoms with Crippen LogP contribution in [-0.2, 0) is 9.59 Å². The Labute approximate surface area is 88.7 Å². The van der Waals surface area contributed by atoms with Crippen molar-refractivity contribution in [2.45, 2.75) is 6.42 Å². The third-order valence-corrected chi connectivity index (χ3v) is 1.86. The first-order valence-electron chi connectivity index (χ1n) is 3.95. The third kappa shape index (κ3) is 7.98. The van der Waals surface area contributed by atoms with Gasteiger partial charge in [0, 0.05) is 13.1 Å². The Kier molecular flexibility index (Phi) is 8.02. The average molecular weight is 222 g/mol. The van der Waals surface area contributed by atoms with E-state index in [1.165, 1.54) is 0 Å². The second kappa shape index (κ2) is 8.25. The third-order valence-electron chi connectivity index (χ3n) is 1.29. The Hall–Kier alpha value is -0.360. The van der Waals surface area contributed by atoms with E-state index in [4.69, 9.17) is 0 Å². The molecule has 4 nitrogen and oxygen atoms in total. The summed E-state index contributed by atoms with van der Waals surface area (Å²) in [7, 11) is 0. The van der Waals surface area contributed by atoms with Crippen molar-refractivity contribution in [1.82, 2.24) is 10.6 Å². The van der Waals surface area contributed by atoms with Crippen LogP contribution in [0.3, 0.4) is 0 Å². The SMILES string of the molecule is O=C(CS)NCCCNC(=O)CS. The number of hydrogen-bond acceptors (Lipinski definition) is 4. The van der Waals surface area contributed by atoms with Crippen LogP contribution in [0, 0.1) is 0 Å². The van der Waals surface area contributed by atoms with Crippen molar-refractivity contribution in [1.29, 1.82) is 0 Å². The Morgan fingerprint density at radius 3 is 1.62 bits per heavy atom. The summed E-state index contributed by atoms with van der Waals surface area (Å²) in [6.45, 7) is 1.12. The van der Waals surface area contributed by atoms with Crippen molar-refractivity contribution in [2.75, 3.05) is 24.6 Å². The highest BCUT2D eigenvalue weighted by Gasteiger charge is 1.97. The lowest BCUT2D eigenvalue weighted by atomic mass is 10.4. The van der Waals surface area contributed by atoms with E-state index < -0.39 is 0 Å². The fourth-order valence-electron chi connectivity index (χ4n) is 0.656. The zero-order chi connectivity index (χ0) is 10.1. The number of rotatable bonds is 6. The molecule has 76 valence electrons. The maximum atomic E-state index is 10.7. The molecule has 6 heteroatoms. The summed E-state index contributed by atoms with van der Waals surface area (Å²) in [6, 6.07) is 0. The van der Waals surface area contributed by atoms with Crippen LogP contribution in [0.2, 0.25) is 0 Å². The predicted molar refractivity (Wildman–Crippen MR) is 58.3 cm³/mol. The molecule has 0 spiro atoms. The summed E-state index contributed by atoms with van der Waals surface area (Å²) in [6.07, 6.45) is 0.721. The lowest BCUT2D eigenvalue weighted by Crippen LogP contribution is -2.30. The summed E-state index contributed by atoms with van der Waals surface area (Å²) in [5.74, 6) is 0.208. The van der Waals surface area contributed by atoms with E-state index in [2.05, 4.69) is 35.9 Å². The first-order valence-corrected chi connectivity index (χ1v) is 5.22. The monoisotopic (exact) mass is 222 g/mol. The van der Waals surface area contributed by atoms with Crippen molar-refractivity contribution in [3.05, 3.63) is 0 Å². The van der Waals surface area contributed by atoms with E-state index in [0.29, 0.717) is 13.1 Å². The fourth-order valence-corrected chi connectivity index (χ4v) is 0.879. The highest BCUT2D eigenvalue weighted by molar-refractivity contribution is 7.81. The molecule has 0 atom stereocenters. The molecule has 0 aliphatic heterocycles.